The van der Waals surface area contributed by atoms with Crippen LogP contribution in [0.15, 0.2) is 127 Å². The molecule has 2 N–H and O–H groups in total. The average Bonchev–Trinajstić information content (AvgIpc) is 3.36. The third-order valence-corrected chi connectivity index (χ3v) is 7.07. The van der Waals surface area contributed by atoms with Crippen molar-refractivity contribution in [2.75, 3.05) is 0 Å². The van der Waals surface area contributed by atoms with Crippen LogP contribution in [0.2, 0.25) is 0 Å². The average molecular weight is 518 g/mol. The summed E-state index contributed by atoms with van der Waals surface area (Å²) >= 11 is 0. The van der Waals surface area contributed by atoms with Gasteiger partial charge in [-0.3, -0.25) is 0 Å². The summed E-state index contributed by atoms with van der Waals surface area (Å²) in [5.41, 5.74) is 6.11. The van der Waals surface area contributed by atoms with Crippen LogP contribution >= 0.6 is 0 Å². The molecular weight excluding hydrogens is 495 g/mol. The van der Waals surface area contributed by atoms with E-state index in [1.807, 2.05) is 48.5 Å². The molecule has 0 saturated carbocycles. The second-order valence-electron chi connectivity index (χ2n) is 9.59. The molecule has 0 saturated heterocycles. The van der Waals surface area contributed by atoms with Crippen LogP contribution < -0.4 is 5.46 Å². The Hall–Kier alpha value is -5.11. The predicted octanol–water partition coefficient (Wildman–Crippen LogP) is 5.65. The summed E-state index contributed by atoms with van der Waals surface area (Å²) in [6, 6.07) is 41.8. The van der Waals surface area contributed by atoms with E-state index in [2.05, 4.69) is 65.2 Å². The second-order valence-corrected chi connectivity index (χ2v) is 9.59. The smallest absolute Gasteiger partial charge is 0.423 e. The summed E-state index contributed by atoms with van der Waals surface area (Å²) < 4.78 is 2.27. The highest BCUT2D eigenvalue weighted by Crippen LogP contribution is 2.32. The molecule has 7 rings (SSSR count). The van der Waals surface area contributed by atoms with E-state index in [-0.39, 0.29) is 0 Å². The van der Waals surface area contributed by atoms with Gasteiger partial charge in [-0.2, -0.15) is 0 Å². The zero-order chi connectivity index (χ0) is 27.1. The van der Waals surface area contributed by atoms with Crippen molar-refractivity contribution in [3.05, 3.63) is 127 Å². The largest absolute Gasteiger partial charge is 0.488 e. The number of nitrogens with zero attached hydrogens (tertiary/aromatic N) is 4. The van der Waals surface area contributed by atoms with E-state index in [0.29, 0.717) is 28.5 Å². The summed E-state index contributed by atoms with van der Waals surface area (Å²) in [7, 11) is -1.58. The van der Waals surface area contributed by atoms with Gasteiger partial charge in [-0.1, -0.05) is 91.0 Å². The minimum Gasteiger partial charge on any atom is -0.423 e. The molecule has 2 aromatic heterocycles. The van der Waals surface area contributed by atoms with E-state index in [1.54, 1.807) is 18.2 Å². The molecule has 5 aromatic carbocycles. The fourth-order valence-corrected chi connectivity index (χ4v) is 5.15. The van der Waals surface area contributed by atoms with E-state index in [0.717, 1.165) is 27.8 Å². The number of fused-ring (bicyclic) bond motifs is 3. The van der Waals surface area contributed by atoms with Gasteiger partial charge in [0, 0.05) is 33.2 Å². The number of rotatable bonds is 5. The quantitative estimate of drug-likeness (QED) is 0.288. The molecule has 7 aromatic rings. The first-order valence-electron chi connectivity index (χ1n) is 13.0. The number of benzene rings is 5. The Morgan fingerprint density at radius 3 is 1.57 bits per heavy atom. The Morgan fingerprint density at radius 2 is 0.975 bits per heavy atom. The molecule has 0 atom stereocenters. The van der Waals surface area contributed by atoms with Gasteiger partial charge in [0.15, 0.2) is 17.5 Å². The maximum Gasteiger partial charge on any atom is 0.488 e. The summed E-state index contributed by atoms with van der Waals surface area (Å²) in [6.45, 7) is 0. The van der Waals surface area contributed by atoms with Gasteiger partial charge in [-0.05, 0) is 41.9 Å². The van der Waals surface area contributed by atoms with Crippen molar-refractivity contribution in [3.63, 3.8) is 0 Å². The Labute approximate surface area is 231 Å². The number of hydrogen-bond donors (Lipinski definition) is 2. The molecule has 40 heavy (non-hydrogen) atoms. The van der Waals surface area contributed by atoms with Crippen molar-refractivity contribution < 1.29 is 10.0 Å². The summed E-state index contributed by atoms with van der Waals surface area (Å²) in [6.07, 6.45) is 0. The van der Waals surface area contributed by atoms with Crippen molar-refractivity contribution in [2.45, 2.75) is 0 Å². The molecule has 7 heteroatoms. The van der Waals surface area contributed by atoms with Crippen LogP contribution in [0.4, 0.5) is 0 Å². The fourth-order valence-electron chi connectivity index (χ4n) is 5.15. The lowest BCUT2D eigenvalue weighted by Crippen LogP contribution is -2.29. The Morgan fingerprint density at radius 1 is 0.475 bits per heavy atom. The minimum atomic E-state index is -1.58. The SMILES string of the molecule is OB(O)c1cccc(-c2nc(-c3ccccc3)nc(-c3ccc(-n4c5ccccc5c5ccccc54)cc3)n2)c1. The molecule has 0 aliphatic rings. The van der Waals surface area contributed by atoms with Gasteiger partial charge >= 0.3 is 7.12 Å². The summed E-state index contributed by atoms with van der Waals surface area (Å²) in [5.74, 6) is 1.53. The van der Waals surface area contributed by atoms with E-state index < -0.39 is 7.12 Å². The maximum atomic E-state index is 9.70. The topological polar surface area (TPSA) is 84.1 Å². The van der Waals surface area contributed by atoms with Crippen LogP contribution in [0, 0.1) is 0 Å². The van der Waals surface area contributed by atoms with Crippen molar-refractivity contribution in [1.82, 2.24) is 19.5 Å². The van der Waals surface area contributed by atoms with Crippen LogP contribution in [-0.2, 0) is 0 Å². The molecule has 0 aliphatic heterocycles. The summed E-state index contributed by atoms with van der Waals surface area (Å²) in [5, 5.41) is 21.8. The Bertz CT molecular complexity index is 1930. The monoisotopic (exact) mass is 518 g/mol. The van der Waals surface area contributed by atoms with Gasteiger partial charge in [0.2, 0.25) is 0 Å². The van der Waals surface area contributed by atoms with E-state index in [1.165, 1.54) is 10.8 Å². The van der Waals surface area contributed by atoms with E-state index in [4.69, 9.17) is 15.0 Å². The molecular formula is C33H23BN4O2. The van der Waals surface area contributed by atoms with Gasteiger partial charge in [-0.25, -0.2) is 15.0 Å². The molecule has 0 unspecified atom stereocenters. The molecule has 0 radical (unpaired) electrons. The molecule has 0 spiro atoms. The van der Waals surface area contributed by atoms with Gasteiger partial charge in [0.25, 0.3) is 0 Å². The minimum absolute atomic E-state index is 0.372. The van der Waals surface area contributed by atoms with Crippen molar-refractivity contribution in [3.8, 4) is 39.9 Å². The standard InChI is InChI=1S/C33H23BN4O2/c39-34(40)25-12-8-11-24(21-25)33-36-31(22-9-2-1-3-10-22)35-32(37-33)23-17-19-26(20-18-23)38-29-15-6-4-13-27(29)28-14-5-7-16-30(28)38/h1-21,39-40H. The van der Waals surface area contributed by atoms with Crippen LogP contribution in [-0.4, -0.2) is 36.7 Å². The Kier molecular flexibility index (Phi) is 5.93. The van der Waals surface area contributed by atoms with Gasteiger partial charge in [-0.15, -0.1) is 0 Å². The summed E-state index contributed by atoms with van der Waals surface area (Å²) in [4.78, 5) is 14.4. The van der Waals surface area contributed by atoms with Crippen molar-refractivity contribution >= 4 is 34.4 Å². The first kappa shape index (κ1) is 24.0. The van der Waals surface area contributed by atoms with E-state index in [9.17, 15) is 10.0 Å². The molecule has 6 nitrogen and oxygen atoms in total. The molecule has 2 heterocycles. The van der Waals surface area contributed by atoms with Crippen molar-refractivity contribution in [1.29, 1.82) is 0 Å². The number of aromatic nitrogens is 4. The highest BCUT2D eigenvalue weighted by atomic mass is 16.4. The lowest BCUT2D eigenvalue weighted by Gasteiger charge is -2.11. The van der Waals surface area contributed by atoms with Crippen LogP contribution in [0.5, 0.6) is 0 Å². The molecule has 0 amide bonds. The predicted molar refractivity (Wildman–Crippen MR) is 160 cm³/mol. The fraction of sp³-hybridized carbons (Fsp3) is 0. The molecule has 0 aliphatic carbocycles. The highest BCUT2D eigenvalue weighted by molar-refractivity contribution is 6.58. The van der Waals surface area contributed by atoms with E-state index >= 15 is 0 Å². The number of hydrogen-bond acceptors (Lipinski definition) is 5. The zero-order valence-electron chi connectivity index (χ0n) is 21.4. The Balaban J connectivity index is 1.36. The highest BCUT2D eigenvalue weighted by Gasteiger charge is 2.16. The van der Waals surface area contributed by atoms with Crippen LogP contribution in [0.1, 0.15) is 0 Å². The first-order chi connectivity index (χ1) is 19.7. The molecule has 190 valence electrons. The van der Waals surface area contributed by atoms with Crippen LogP contribution in [0.3, 0.4) is 0 Å². The van der Waals surface area contributed by atoms with Gasteiger partial charge in [0.05, 0.1) is 11.0 Å². The molecule has 0 bridgehead atoms. The van der Waals surface area contributed by atoms with Crippen LogP contribution in [0.25, 0.3) is 61.7 Å². The lowest BCUT2D eigenvalue weighted by molar-refractivity contribution is 0.426. The van der Waals surface area contributed by atoms with Gasteiger partial charge < -0.3 is 14.6 Å². The van der Waals surface area contributed by atoms with Crippen molar-refractivity contribution in [2.24, 2.45) is 0 Å². The third-order valence-electron chi connectivity index (χ3n) is 7.07. The lowest BCUT2D eigenvalue weighted by atomic mass is 9.79. The first-order valence-corrected chi connectivity index (χ1v) is 13.0. The van der Waals surface area contributed by atoms with Gasteiger partial charge in [0.1, 0.15) is 0 Å². The maximum absolute atomic E-state index is 9.70. The normalized spacial score (nSPS) is 11.2. The zero-order valence-corrected chi connectivity index (χ0v) is 21.4. The number of para-hydroxylation sites is 2. The third kappa shape index (κ3) is 4.23. The molecule has 0 fully saturated rings. The second kappa shape index (κ2) is 9.89.